The van der Waals surface area contributed by atoms with Crippen LogP contribution in [-0.4, -0.2) is 87.2 Å². The van der Waals surface area contributed by atoms with Gasteiger partial charge in [-0.25, -0.2) is 0 Å². The fraction of sp³-hybridized carbons (Fsp3) is 0.462. The standard InChI is InChI=1S/C39H44ClN5O5/c40-13-3-1-2-4-19-48-21-22-49-20-14-42-36(46)24-27-7-10-30-33(23-27)39(38(43-41)37(30)47)31-11-8-28(44-15-5-16-44)25-34(31)50-35-26-29(9-12-32(35)39)45-17-6-18-45/h7-12,23,25-26H,1-6,13-22,24H2,(H,42,46). The van der Waals surface area contributed by atoms with Gasteiger partial charge in [-0.15, -0.1) is 11.6 Å². The van der Waals surface area contributed by atoms with Crippen LogP contribution in [-0.2, 0) is 26.1 Å². The number of Topliss-reactive ketones (excluding diaryl/α,β-unsaturated/α-hetero) is 1. The number of halogens is 1. The van der Waals surface area contributed by atoms with E-state index >= 15 is 0 Å². The highest BCUT2D eigenvalue weighted by molar-refractivity contribution is 6.52. The van der Waals surface area contributed by atoms with E-state index in [2.05, 4.69) is 32.0 Å². The summed E-state index contributed by atoms with van der Waals surface area (Å²) >= 11 is 5.71. The number of alkyl halides is 1. The maximum atomic E-state index is 14.0. The van der Waals surface area contributed by atoms with Gasteiger partial charge in [0, 0.05) is 85.4 Å². The Morgan fingerprint density at radius 1 is 0.820 bits per heavy atom. The fourth-order valence-electron chi connectivity index (χ4n) is 7.40. The van der Waals surface area contributed by atoms with Crippen LogP contribution in [0.15, 0.2) is 54.6 Å². The van der Waals surface area contributed by atoms with Crippen LogP contribution in [0.5, 0.6) is 11.5 Å². The number of amides is 1. The zero-order chi connectivity index (χ0) is 34.5. The monoisotopic (exact) mass is 697 g/mol. The number of hydrogen-bond donors (Lipinski definition) is 1. The van der Waals surface area contributed by atoms with E-state index in [0.29, 0.717) is 61.5 Å². The van der Waals surface area contributed by atoms with Crippen LogP contribution in [0.4, 0.5) is 11.4 Å². The lowest BCUT2D eigenvalue weighted by molar-refractivity contribution is -0.120. The molecule has 0 unspecified atom stereocenters. The van der Waals surface area contributed by atoms with Gasteiger partial charge in [0.25, 0.3) is 5.78 Å². The summed E-state index contributed by atoms with van der Waals surface area (Å²) in [5.74, 6) is 1.46. The molecule has 4 aliphatic rings. The zero-order valence-electron chi connectivity index (χ0n) is 28.4. The molecule has 1 spiro atoms. The maximum Gasteiger partial charge on any atom is 0.358 e. The number of carbonyl (C=O) groups excluding carboxylic acids is 2. The third-order valence-electron chi connectivity index (χ3n) is 10.3. The van der Waals surface area contributed by atoms with Crippen molar-refractivity contribution in [2.75, 3.05) is 74.8 Å². The molecule has 3 heterocycles. The first-order valence-electron chi connectivity index (χ1n) is 17.9. The Balaban J connectivity index is 1.09. The lowest BCUT2D eigenvalue weighted by atomic mass is 9.67. The molecule has 0 saturated carbocycles. The largest absolute Gasteiger partial charge is 0.457 e. The van der Waals surface area contributed by atoms with Crippen LogP contribution in [0.3, 0.4) is 0 Å². The van der Waals surface area contributed by atoms with E-state index in [0.717, 1.165) is 92.8 Å². The number of ketones is 1. The Morgan fingerprint density at radius 2 is 1.46 bits per heavy atom. The minimum Gasteiger partial charge on any atom is -0.457 e. The molecule has 1 amide bonds. The second-order valence-corrected chi connectivity index (χ2v) is 13.8. The summed E-state index contributed by atoms with van der Waals surface area (Å²) in [5, 5.41) is 2.94. The molecule has 1 N–H and O–H groups in total. The van der Waals surface area contributed by atoms with Crippen molar-refractivity contribution in [3.8, 4) is 11.5 Å². The van der Waals surface area contributed by atoms with Gasteiger partial charge in [-0.1, -0.05) is 43.2 Å². The lowest BCUT2D eigenvalue weighted by Crippen LogP contribution is -2.41. The molecule has 3 aliphatic heterocycles. The fourth-order valence-corrected chi connectivity index (χ4v) is 7.59. The van der Waals surface area contributed by atoms with Gasteiger partial charge < -0.3 is 34.9 Å². The van der Waals surface area contributed by atoms with Crippen LogP contribution in [0, 0.1) is 0 Å². The number of nitrogens with zero attached hydrogens (tertiary/aromatic N) is 4. The molecule has 2 fully saturated rings. The number of nitrogens with one attached hydrogen (secondary N) is 1. The van der Waals surface area contributed by atoms with Crippen molar-refractivity contribution in [1.29, 1.82) is 0 Å². The molecular formula is C39H44ClN5O5. The Labute approximate surface area is 298 Å². The van der Waals surface area contributed by atoms with Gasteiger partial charge in [0.2, 0.25) is 5.91 Å². The number of fused-ring (bicyclic) bond motifs is 6. The molecule has 3 aromatic rings. The molecule has 262 valence electrons. The van der Waals surface area contributed by atoms with Gasteiger partial charge in [-0.2, -0.15) is 4.79 Å². The van der Waals surface area contributed by atoms with Gasteiger partial charge in [-0.05, 0) is 48.9 Å². The van der Waals surface area contributed by atoms with Crippen LogP contribution < -0.4 is 19.9 Å². The predicted octanol–water partition coefficient (Wildman–Crippen LogP) is 5.91. The zero-order valence-corrected chi connectivity index (χ0v) is 29.2. The molecule has 0 bridgehead atoms. The molecular weight excluding hydrogens is 654 g/mol. The van der Waals surface area contributed by atoms with Crippen molar-refractivity contribution in [2.45, 2.75) is 50.4 Å². The summed E-state index contributed by atoms with van der Waals surface area (Å²) in [6.07, 6.45) is 6.71. The summed E-state index contributed by atoms with van der Waals surface area (Å²) in [4.78, 5) is 35.3. The molecule has 50 heavy (non-hydrogen) atoms. The normalized spacial score (nSPS) is 16.6. The quantitative estimate of drug-likeness (QED) is 0.0857. The van der Waals surface area contributed by atoms with E-state index in [4.69, 9.17) is 25.8 Å². The summed E-state index contributed by atoms with van der Waals surface area (Å²) in [5.41, 5.74) is 14.8. The third kappa shape index (κ3) is 6.53. The highest BCUT2D eigenvalue weighted by Crippen LogP contribution is 2.57. The Hall–Kier alpha value is -4.21. The topological polar surface area (TPSA) is 117 Å². The molecule has 10 nitrogen and oxygen atoms in total. The maximum absolute atomic E-state index is 14.0. The minimum atomic E-state index is -1.21. The number of benzene rings is 3. The van der Waals surface area contributed by atoms with Crippen molar-refractivity contribution >= 4 is 40.4 Å². The molecule has 0 radical (unpaired) electrons. The van der Waals surface area contributed by atoms with Gasteiger partial charge in [0.1, 0.15) is 11.5 Å². The van der Waals surface area contributed by atoms with Gasteiger partial charge >= 0.3 is 5.71 Å². The Morgan fingerprint density at radius 3 is 2.06 bits per heavy atom. The summed E-state index contributed by atoms with van der Waals surface area (Å²) in [7, 11) is 0. The number of ether oxygens (including phenoxy) is 3. The molecule has 0 aromatic heterocycles. The molecule has 2 saturated heterocycles. The molecule has 0 atom stereocenters. The van der Waals surface area contributed by atoms with Crippen molar-refractivity contribution < 1.29 is 28.6 Å². The summed E-state index contributed by atoms with van der Waals surface area (Å²) in [6, 6.07) is 17.6. The van der Waals surface area contributed by atoms with Crippen molar-refractivity contribution in [3.63, 3.8) is 0 Å². The average Bonchev–Trinajstić information content (AvgIpc) is 3.30. The Bertz CT molecular complexity index is 1740. The van der Waals surface area contributed by atoms with E-state index in [-0.39, 0.29) is 23.8 Å². The highest BCUT2D eigenvalue weighted by Gasteiger charge is 2.62. The summed E-state index contributed by atoms with van der Waals surface area (Å²) in [6.45, 7) is 6.38. The second kappa shape index (κ2) is 15.4. The van der Waals surface area contributed by atoms with Crippen molar-refractivity contribution in [3.05, 3.63) is 87.9 Å². The van der Waals surface area contributed by atoms with Gasteiger partial charge in [0.05, 0.1) is 26.2 Å². The number of anilines is 2. The van der Waals surface area contributed by atoms with Crippen LogP contribution in [0.1, 0.15) is 71.1 Å². The molecule has 3 aromatic carbocycles. The van der Waals surface area contributed by atoms with E-state index in [1.54, 1.807) is 12.1 Å². The van der Waals surface area contributed by atoms with Crippen LogP contribution in [0.25, 0.3) is 5.53 Å². The second-order valence-electron chi connectivity index (χ2n) is 13.4. The number of carbonyl (C=O) groups is 2. The minimum absolute atomic E-state index is 0.0285. The first-order valence-corrected chi connectivity index (χ1v) is 18.4. The average molecular weight is 698 g/mol. The lowest BCUT2D eigenvalue weighted by Gasteiger charge is -2.39. The smallest absolute Gasteiger partial charge is 0.358 e. The summed E-state index contributed by atoms with van der Waals surface area (Å²) < 4.78 is 17.9. The predicted molar refractivity (Wildman–Crippen MR) is 193 cm³/mol. The first-order chi connectivity index (χ1) is 24.5. The van der Waals surface area contributed by atoms with Crippen LogP contribution >= 0.6 is 11.6 Å². The van der Waals surface area contributed by atoms with E-state index in [9.17, 15) is 15.1 Å². The number of rotatable bonds is 16. The van der Waals surface area contributed by atoms with E-state index in [1.807, 2.05) is 30.3 Å². The number of unbranched alkanes of at least 4 members (excludes halogenated alkanes) is 3. The first kappa shape index (κ1) is 34.2. The van der Waals surface area contributed by atoms with E-state index < -0.39 is 5.41 Å². The van der Waals surface area contributed by atoms with Crippen molar-refractivity contribution in [1.82, 2.24) is 5.32 Å². The van der Waals surface area contributed by atoms with E-state index in [1.165, 1.54) is 0 Å². The van der Waals surface area contributed by atoms with Crippen LogP contribution in [0.2, 0.25) is 0 Å². The van der Waals surface area contributed by atoms with Crippen molar-refractivity contribution in [2.24, 2.45) is 0 Å². The van der Waals surface area contributed by atoms with Gasteiger partial charge in [0.15, 0.2) is 5.41 Å². The SMILES string of the molecule is [N-]=[N+]=C1C(=O)c2ccc(CC(=O)NCCOCCOCCCCCCCl)cc2C12c1ccc(N3CCC3)cc1Oc1cc(N3CCC3)ccc12. The highest BCUT2D eigenvalue weighted by atomic mass is 35.5. The third-order valence-corrected chi connectivity index (χ3v) is 10.5. The molecule has 11 heteroatoms. The number of hydrogen-bond acceptors (Lipinski definition) is 7. The molecule has 1 aliphatic carbocycles. The van der Waals surface area contributed by atoms with Gasteiger partial charge in [-0.3, -0.25) is 9.59 Å². The Kier molecular flexibility index (Phi) is 10.5. The molecule has 7 rings (SSSR count).